The predicted molar refractivity (Wildman–Crippen MR) is 60.2 cm³/mol. The van der Waals surface area contributed by atoms with E-state index in [0.29, 0.717) is 0 Å². The Morgan fingerprint density at radius 2 is 2.20 bits per heavy atom. The number of benzene rings is 1. The van der Waals surface area contributed by atoms with Gasteiger partial charge in [0.25, 0.3) is 0 Å². The summed E-state index contributed by atoms with van der Waals surface area (Å²) in [6.07, 6.45) is 4.08. The molecule has 0 heterocycles. The molecule has 1 N–H and O–H groups in total. The van der Waals surface area contributed by atoms with Crippen LogP contribution in [0.3, 0.4) is 0 Å². The molecule has 1 aliphatic rings. The zero-order valence-electron chi connectivity index (χ0n) is 9.22. The normalized spacial score (nSPS) is 15.6. The van der Waals surface area contributed by atoms with Crippen LogP contribution in [-0.2, 0) is 6.54 Å². The molecule has 1 nitrogen and oxygen atoms in total. The van der Waals surface area contributed by atoms with E-state index in [1.165, 1.54) is 19.3 Å². The molecule has 1 saturated carbocycles. The summed E-state index contributed by atoms with van der Waals surface area (Å²) in [6, 6.07) is 5.45. The Hall–Kier alpha value is -0.890. The molecular formula is C13H18FN. The van der Waals surface area contributed by atoms with Crippen molar-refractivity contribution in [3.8, 4) is 0 Å². The molecule has 82 valence electrons. The topological polar surface area (TPSA) is 12.0 Å². The van der Waals surface area contributed by atoms with E-state index < -0.39 is 0 Å². The highest BCUT2D eigenvalue weighted by atomic mass is 19.1. The minimum absolute atomic E-state index is 0.100. The third-order valence-electron chi connectivity index (χ3n) is 2.99. The van der Waals surface area contributed by atoms with Crippen molar-refractivity contribution in [3.63, 3.8) is 0 Å². The Bertz CT molecular complexity index is 331. The Labute approximate surface area is 90.7 Å². The number of nitrogens with one attached hydrogen (secondary N) is 1. The largest absolute Gasteiger partial charge is 0.313 e. The van der Waals surface area contributed by atoms with Crippen molar-refractivity contribution in [1.82, 2.24) is 5.32 Å². The van der Waals surface area contributed by atoms with Crippen LogP contribution in [0.15, 0.2) is 18.2 Å². The third kappa shape index (κ3) is 3.31. The first-order chi connectivity index (χ1) is 7.25. The van der Waals surface area contributed by atoms with E-state index in [-0.39, 0.29) is 5.82 Å². The predicted octanol–water partition coefficient (Wildman–Crippen LogP) is 3.02. The van der Waals surface area contributed by atoms with Gasteiger partial charge in [-0.2, -0.15) is 0 Å². The lowest BCUT2D eigenvalue weighted by atomic mass is 10.1. The first-order valence-corrected chi connectivity index (χ1v) is 5.71. The van der Waals surface area contributed by atoms with Crippen LogP contribution < -0.4 is 5.32 Å². The maximum absolute atomic E-state index is 13.2. The van der Waals surface area contributed by atoms with E-state index in [9.17, 15) is 4.39 Å². The molecule has 0 aliphatic heterocycles. The van der Waals surface area contributed by atoms with Gasteiger partial charge >= 0.3 is 0 Å². The number of halogens is 1. The van der Waals surface area contributed by atoms with E-state index in [1.807, 2.05) is 12.1 Å². The molecule has 0 bridgehead atoms. The van der Waals surface area contributed by atoms with Gasteiger partial charge in [0, 0.05) is 6.54 Å². The molecule has 0 saturated heterocycles. The molecular weight excluding hydrogens is 189 g/mol. The molecule has 2 rings (SSSR count). The molecule has 0 radical (unpaired) electrons. The van der Waals surface area contributed by atoms with E-state index in [2.05, 4.69) is 5.32 Å². The fourth-order valence-electron chi connectivity index (χ4n) is 1.69. The average Bonchev–Trinajstić information content (AvgIpc) is 3.02. The van der Waals surface area contributed by atoms with E-state index >= 15 is 0 Å². The third-order valence-corrected chi connectivity index (χ3v) is 2.99. The van der Waals surface area contributed by atoms with Crippen molar-refractivity contribution in [2.45, 2.75) is 32.7 Å². The summed E-state index contributed by atoms with van der Waals surface area (Å²) in [5.41, 5.74) is 1.76. The lowest BCUT2D eigenvalue weighted by Crippen LogP contribution is -2.15. The molecule has 0 aromatic heterocycles. The zero-order chi connectivity index (χ0) is 10.7. The van der Waals surface area contributed by atoms with Crippen LogP contribution in [0.5, 0.6) is 0 Å². The molecule has 1 fully saturated rings. The van der Waals surface area contributed by atoms with Crippen molar-refractivity contribution in [2.24, 2.45) is 5.92 Å². The fourth-order valence-corrected chi connectivity index (χ4v) is 1.69. The lowest BCUT2D eigenvalue weighted by Gasteiger charge is -2.05. The van der Waals surface area contributed by atoms with Crippen LogP contribution >= 0.6 is 0 Å². The zero-order valence-corrected chi connectivity index (χ0v) is 9.22. The summed E-state index contributed by atoms with van der Waals surface area (Å²) in [4.78, 5) is 0. The van der Waals surface area contributed by atoms with Gasteiger partial charge in [-0.1, -0.05) is 25.0 Å². The maximum Gasteiger partial charge on any atom is 0.126 e. The summed E-state index contributed by atoms with van der Waals surface area (Å²) in [7, 11) is 0. The Morgan fingerprint density at radius 1 is 1.40 bits per heavy atom. The molecule has 0 amide bonds. The molecule has 1 aliphatic carbocycles. The molecule has 1 aromatic rings. The van der Waals surface area contributed by atoms with Crippen molar-refractivity contribution < 1.29 is 4.39 Å². The van der Waals surface area contributed by atoms with Crippen molar-refractivity contribution in [2.75, 3.05) is 6.54 Å². The van der Waals surface area contributed by atoms with Gasteiger partial charge in [0.05, 0.1) is 0 Å². The molecule has 0 atom stereocenters. The van der Waals surface area contributed by atoms with Crippen LogP contribution in [0, 0.1) is 18.7 Å². The van der Waals surface area contributed by atoms with Gasteiger partial charge < -0.3 is 5.32 Å². The minimum Gasteiger partial charge on any atom is -0.313 e. The number of hydrogen-bond acceptors (Lipinski definition) is 1. The number of aryl methyl sites for hydroxylation is 1. The highest BCUT2D eigenvalue weighted by Gasteiger charge is 2.19. The summed E-state index contributed by atoms with van der Waals surface area (Å²) in [5.74, 6) is 0.865. The molecule has 0 spiro atoms. The van der Waals surface area contributed by atoms with E-state index in [1.54, 1.807) is 13.0 Å². The van der Waals surface area contributed by atoms with Gasteiger partial charge in [0.15, 0.2) is 0 Å². The van der Waals surface area contributed by atoms with Gasteiger partial charge in [-0.25, -0.2) is 4.39 Å². The van der Waals surface area contributed by atoms with Crippen LogP contribution in [0.25, 0.3) is 0 Å². The minimum atomic E-state index is -0.100. The van der Waals surface area contributed by atoms with Gasteiger partial charge in [-0.15, -0.1) is 0 Å². The first kappa shape index (κ1) is 10.6. The second-order valence-corrected chi connectivity index (χ2v) is 4.49. The van der Waals surface area contributed by atoms with E-state index in [0.717, 1.165) is 30.1 Å². The van der Waals surface area contributed by atoms with Crippen molar-refractivity contribution in [3.05, 3.63) is 35.1 Å². The van der Waals surface area contributed by atoms with Crippen LogP contribution in [-0.4, -0.2) is 6.54 Å². The summed E-state index contributed by atoms with van der Waals surface area (Å²) in [6.45, 7) is 3.63. The maximum atomic E-state index is 13.2. The average molecular weight is 207 g/mol. The second kappa shape index (κ2) is 4.75. The SMILES string of the molecule is Cc1ccc(CNCCC2CC2)cc1F. The summed E-state index contributed by atoms with van der Waals surface area (Å²) in [5, 5.41) is 3.35. The quantitative estimate of drug-likeness (QED) is 0.732. The van der Waals surface area contributed by atoms with Crippen molar-refractivity contribution >= 4 is 0 Å². The summed E-state index contributed by atoms with van der Waals surface area (Å²) >= 11 is 0. The smallest absolute Gasteiger partial charge is 0.126 e. The monoisotopic (exact) mass is 207 g/mol. The standard InChI is InChI=1S/C13H18FN/c1-10-2-3-12(8-13(10)14)9-15-7-6-11-4-5-11/h2-3,8,11,15H,4-7,9H2,1H3. The highest BCUT2D eigenvalue weighted by molar-refractivity contribution is 5.23. The first-order valence-electron chi connectivity index (χ1n) is 5.71. The van der Waals surface area contributed by atoms with Gasteiger partial charge in [0.1, 0.15) is 5.82 Å². The fraction of sp³-hybridized carbons (Fsp3) is 0.538. The Kier molecular flexibility index (Phi) is 3.37. The van der Waals surface area contributed by atoms with E-state index in [4.69, 9.17) is 0 Å². The van der Waals surface area contributed by atoms with Gasteiger partial charge in [0.2, 0.25) is 0 Å². The molecule has 0 unspecified atom stereocenters. The van der Waals surface area contributed by atoms with Crippen LogP contribution in [0.4, 0.5) is 4.39 Å². The van der Waals surface area contributed by atoms with Gasteiger partial charge in [-0.05, 0) is 43.0 Å². The highest BCUT2D eigenvalue weighted by Crippen LogP contribution is 2.31. The molecule has 1 aromatic carbocycles. The van der Waals surface area contributed by atoms with Gasteiger partial charge in [-0.3, -0.25) is 0 Å². The summed E-state index contributed by atoms with van der Waals surface area (Å²) < 4.78 is 13.2. The molecule has 2 heteroatoms. The molecule has 15 heavy (non-hydrogen) atoms. The second-order valence-electron chi connectivity index (χ2n) is 4.49. The Balaban J connectivity index is 1.74. The van der Waals surface area contributed by atoms with Crippen molar-refractivity contribution in [1.29, 1.82) is 0 Å². The Morgan fingerprint density at radius 3 is 2.87 bits per heavy atom. The number of rotatable bonds is 5. The lowest BCUT2D eigenvalue weighted by molar-refractivity contribution is 0.598. The van der Waals surface area contributed by atoms with Crippen LogP contribution in [0.1, 0.15) is 30.4 Å². The number of hydrogen-bond donors (Lipinski definition) is 1. The van der Waals surface area contributed by atoms with Crippen LogP contribution in [0.2, 0.25) is 0 Å².